The van der Waals surface area contributed by atoms with Gasteiger partial charge in [0.05, 0.1) is 6.10 Å². The van der Waals surface area contributed by atoms with Crippen molar-refractivity contribution in [1.29, 1.82) is 0 Å². The van der Waals surface area contributed by atoms with Gasteiger partial charge in [-0.15, -0.1) is 0 Å². The minimum atomic E-state index is -0.159. The van der Waals surface area contributed by atoms with E-state index in [4.69, 9.17) is 0 Å². The van der Waals surface area contributed by atoms with Gasteiger partial charge < -0.3 is 5.11 Å². The van der Waals surface area contributed by atoms with Crippen LogP contribution in [0, 0.1) is 6.07 Å². The summed E-state index contributed by atoms with van der Waals surface area (Å²) in [6.45, 7) is 0. The predicted molar refractivity (Wildman–Crippen MR) is 38.7 cm³/mol. The van der Waals surface area contributed by atoms with Crippen LogP contribution < -0.4 is 0 Å². The van der Waals surface area contributed by atoms with Crippen LogP contribution in [-0.2, 0) is 12.8 Å². The number of hydrogen-bond acceptors (Lipinski definition) is 1. The highest BCUT2D eigenvalue weighted by Gasteiger charge is 2.17. The summed E-state index contributed by atoms with van der Waals surface area (Å²) in [5, 5.41) is 9.23. The van der Waals surface area contributed by atoms with Crippen molar-refractivity contribution in [3.63, 3.8) is 0 Å². The fraction of sp³-hybridized carbons (Fsp3) is 0.333. The Morgan fingerprint density at radius 1 is 1.50 bits per heavy atom. The number of fused-ring (bicyclic) bond motifs is 1. The van der Waals surface area contributed by atoms with E-state index in [1.165, 1.54) is 11.1 Å². The van der Waals surface area contributed by atoms with Crippen LogP contribution in [0.15, 0.2) is 18.2 Å². The summed E-state index contributed by atoms with van der Waals surface area (Å²) in [7, 11) is 0. The molecule has 0 saturated heterocycles. The number of hydrogen-bond donors (Lipinski definition) is 1. The van der Waals surface area contributed by atoms with Gasteiger partial charge in [-0.05, 0) is 30.0 Å². The Hall–Kier alpha value is -0.820. The highest BCUT2D eigenvalue weighted by atomic mass is 16.3. The van der Waals surface area contributed by atoms with Crippen LogP contribution >= 0.6 is 0 Å². The maximum absolute atomic E-state index is 9.23. The molecule has 2 rings (SSSR count). The fourth-order valence-corrected chi connectivity index (χ4v) is 1.45. The highest BCUT2D eigenvalue weighted by Crippen LogP contribution is 2.20. The van der Waals surface area contributed by atoms with E-state index >= 15 is 0 Å². The molecule has 0 aromatic heterocycles. The zero-order valence-electron chi connectivity index (χ0n) is 5.67. The summed E-state index contributed by atoms with van der Waals surface area (Å²) in [6, 6.07) is 9.05. The van der Waals surface area contributed by atoms with Gasteiger partial charge in [0.1, 0.15) is 0 Å². The van der Waals surface area contributed by atoms with Gasteiger partial charge in [0.15, 0.2) is 0 Å². The first-order valence-corrected chi connectivity index (χ1v) is 3.53. The molecule has 0 fully saturated rings. The topological polar surface area (TPSA) is 20.2 Å². The molecule has 10 heavy (non-hydrogen) atoms. The molecule has 1 nitrogen and oxygen atoms in total. The van der Waals surface area contributed by atoms with Crippen LogP contribution in [0.4, 0.5) is 0 Å². The van der Waals surface area contributed by atoms with Crippen LogP contribution in [0.5, 0.6) is 0 Å². The maximum atomic E-state index is 9.23. The van der Waals surface area contributed by atoms with E-state index in [0.717, 1.165) is 12.8 Å². The Bertz CT molecular complexity index is 217. The second kappa shape index (κ2) is 2.10. The van der Waals surface area contributed by atoms with Crippen molar-refractivity contribution >= 4 is 0 Å². The Kier molecular flexibility index (Phi) is 1.24. The Morgan fingerprint density at radius 3 is 3.20 bits per heavy atom. The second-order valence-corrected chi connectivity index (χ2v) is 2.74. The molecule has 1 aromatic rings. The second-order valence-electron chi connectivity index (χ2n) is 2.74. The lowest BCUT2D eigenvalue weighted by atomic mass is 10.1. The SMILES string of the molecule is OC1Cc2[c]cccc2C1. The zero-order chi connectivity index (χ0) is 6.97. The van der Waals surface area contributed by atoms with Gasteiger partial charge in [-0.1, -0.05) is 18.2 Å². The Labute approximate surface area is 60.3 Å². The largest absolute Gasteiger partial charge is 0.392 e. The van der Waals surface area contributed by atoms with Gasteiger partial charge in [-0.25, -0.2) is 0 Å². The zero-order valence-corrected chi connectivity index (χ0v) is 5.67. The summed E-state index contributed by atoms with van der Waals surface area (Å²) >= 11 is 0. The predicted octanol–water partition coefficient (Wildman–Crippen LogP) is 0.946. The molecule has 0 saturated carbocycles. The molecule has 0 spiro atoms. The quantitative estimate of drug-likeness (QED) is 0.558. The summed E-state index contributed by atoms with van der Waals surface area (Å²) in [4.78, 5) is 0. The van der Waals surface area contributed by atoms with Crippen molar-refractivity contribution in [3.05, 3.63) is 35.4 Å². The van der Waals surface area contributed by atoms with Gasteiger partial charge >= 0.3 is 0 Å². The molecule has 0 bridgehead atoms. The first kappa shape index (κ1) is 5.93. The first-order valence-electron chi connectivity index (χ1n) is 3.53. The average molecular weight is 133 g/mol. The first-order chi connectivity index (χ1) is 4.86. The number of benzene rings is 1. The molecule has 1 aliphatic carbocycles. The normalized spacial score (nSPS) is 17.3. The smallest absolute Gasteiger partial charge is 0.0621 e. The lowest BCUT2D eigenvalue weighted by molar-refractivity contribution is 0.187. The number of aliphatic hydroxyl groups excluding tert-OH is 1. The minimum absolute atomic E-state index is 0.159. The molecule has 0 heterocycles. The third-order valence-electron chi connectivity index (χ3n) is 1.93. The van der Waals surface area contributed by atoms with E-state index in [9.17, 15) is 5.11 Å². The molecule has 0 amide bonds. The van der Waals surface area contributed by atoms with Gasteiger partial charge in [0.25, 0.3) is 0 Å². The van der Waals surface area contributed by atoms with E-state index in [1.54, 1.807) is 0 Å². The van der Waals surface area contributed by atoms with Gasteiger partial charge in [-0.2, -0.15) is 0 Å². The third kappa shape index (κ3) is 0.830. The fourth-order valence-electron chi connectivity index (χ4n) is 1.45. The minimum Gasteiger partial charge on any atom is -0.392 e. The third-order valence-corrected chi connectivity index (χ3v) is 1.93. The van der Waals surface area contributed by atoms with Crippen molar-refractivity contribution in [2.45, 2.75) is 18.9 Å². The Morgan fingerprint density at radius 2 is 2.40 bits per heavy atom. The van der Waals surface area contributed by atoms with Crippen LogP contribution in [-0.4, -0.2) is 11.2 Å². The lowest BCUT2D eigenvalue weighted by Gasteiger charge is -1.93. The van der Waals surface area contributed by atoms with Gasteiger partial charge in [-0.3, -0.25) is 0 Å². The van der Waals surface area contributed by atoms with E-state index in [-0.39, 0.29) is 6.10 Å². The van der Waals surface area contributed by atoms with E-state index in [0.29, 0.717) is 0 Å². The van der Waals surface area contributed by atoms with E-state index in [1.807, 2.05) is 12.1 Å². The molecule has 1 heteroatoms. The van der Waals surface area contributed by atoms with Crippen molar-refractivity contribution in [2.75, 3.05) is 0 Å². The summed E-state index contributed by atoms with van der Waals surface area (Å²) in [5.41, 5.74) is 2.45. The van der Waals surface area contributed by atoms with Gasteiger partial charge in [0, 0.05) is 0 Å². The molecular formula is C9H9O. The van der Waals surface area contributed by atoms with Crippen molar-refractivity contribution in [1.82, 2.24) is 0 Å². The van der Waals surface area contributed by atoms with E-state index in [2.05, 4.69) is 12.1 Å². The highest BCUT2D eigenvalue weighted by molar-refractivity contribution is 5.31. The van der Waals surface area contributed by atoms with Crippen molar-refractivity contribution in [3.8, 4) is 0 Å². The van der Waals surface area contributed by atoms with E-state index < -0.39 is 0 Å². The summed E-state index contributed by atoms with van der Waals surface area (Å²) < 4.78 is 0. The van der Waals surface area contributed by atoms with Crippen LogP contribution in [0.1, 0.15) is 11.1 Å². The standard InChI is InChI=1S/C9H9O/c10-9-5-7-3-1-2-4-8(7)6-9/h1-3,9-10H,5-6H2. The van der Waals surface area contributed by atoms with Crippen LogP contribution in [0.25, 0.3) is 0 Å². The van der Waals surface area contributed by atoms with Crippen molar-refractivity contribution < 1.29 is 5.11 Å². The lowest BCUT2D eigenvalue weighted by Crippen LogP contribution is -2.03. The monoisotopic (exact) mass is 133 g/mol. The molecular weight excluding hydrogens is 124 g/mol. The summed E-state index contributed by atoms with van der Waals surface area (Å²) in [5.74, 6) is 0. The number of aliphatic hydroxyl groups is 1. The molecule has 1 atom stereocenters. The molecule has 1 aliphatic rings. The van der Waals surface area contributed by atoms with Gasteiger partial charge in [0.2, 0.25) is 0 Å². The molecule has 1 unspecified atom stereocenters. The molecule has 0 aliphatic heterocycles. The van der Waals surface area contributed by atoms with Crippen molar-refractivity contribution in [2.24, 2.45) is 0 Å². The molecule has 1 aromatic carbocycles. The summed E-state index contributed by atoms with van der Waals surface area (Å²) in [6.07, 6.45) is 1.44. The number of rotatable bonds is 0. The van der Waals surface area contributed by atoms with Crippen LogP contribution in [0.3, 0.4) is 0 Å². The molecule has 1 N–H and O–H groups in total. The maximum Gasteiger partial charge on any atom is 0.0621 e. The molecule has 1 radical (unpaired) electrons. The molecule has 51 valence electrons. The Balaban J connectivity index is 2.42. The van der Waals surface area contributed by atoms with Crippen LogP contribution in [0.2, 0.25) is 0 Å². The average Bonchev–Trinajstić information content (AvgIpc) is 2.27.